The molecule has 1 aromatic heterocycles. The predicted octanol–water partition coefficient (Wildman–Crippen LogP) is 3.15. The second kappa shape index (κ2) is 5.63. The topological polar surface area (TPSA) is 47.0 Å². The minimum Gasteiger partial charge on any atom is -0.381 e. The van der Waals surface area contributed by atoms with E-state index in [9.17, 15) is 0 Å². The molecule has 1 saturated heterocycles. The Kier molecular flexibility index (Phi) is 3.89. The fourth-order valence-electron chi connectivity index (χ4n) is 2.39. The van der Waals surface area contributed by atoms with Gasteiger partial charge in [-0.1, -0.05) is 11.6 Å². The first kappa shape index (κ1) is 13.1. The van der Waals surface area contributed by atoms with Crippen molar-refractivity contribution in [3.05, 3.63) is 16.5 Å². The van der Waals surface area contributed by atoms with Gasteiger partial charge in [-0.2, -0.15) is 0 Å². The van der Waals surface area contributed by atoms with Crippen molar-refractivity contribution in [3.8, 4) is 0 Å². The minimum absolute atomic E-state index is 0.529. The maximum Gasteiger partial charge on any atom is 0.137 e. The number of halogens is 1. The Hall–Kier alpha value is -0.870. The molecule has 3 rings (SSSR count). The Bertz CT molecular complexity index is 456. The molecule has 1 saturated carbocycles. The highest BCUT2D eigenvalue weighted by atomic mass is 35.5. The van der Waals surface area contributed by atoms with Crippen molar-refractivity contribution in [2.24, 2.45) is 5.92 Å². The number of nitrogens with one attached hydrogen (secondary N) is 1. The maximum atomic E-state index is 6.20. The molecule has 0 spiro atoms. The predicted molar refractivity (Wildman–Crippen MR) is 75.8 cm³/mol. The lowest BCUT2D eigenvalue weighted by Gasteiger charge is -2.23. The average molecular weight is 282 g/mol. The van der Waals surface area contributed by atoms with Gasteiger partial charge in [0.05, 0.1) is 0 Å². The summed E-state index contributed by atoms with van der Waals surface area (Å²) in [6.45, 7) is 4.68. The van der Waals surface area contributed by atoms with Crippen LogP contribution in [0.2, 0.25) is 5.15 Å². The van der Waals surface area contributed by atoms with Crippen molar-refractivity contribution in [2.75, 3.05) is 25.1 Å². The molecule has 0 amide bonds. The van der Waals surface area contributed by atoms with E-state index >= 15 is 0 Å². The van der Waals surface area contributed by atoms with Crippen LogP contribution in [0, 0.1) is 12.8 Å². The van der Waals surface area contributed by atoms with E-state index in [0.717, 1.165) is 49.8 Å². The lowest BCUT2D eigenvalue weighted by atomic mass is 10.0. The SMILES string of the molecule is Cc1c(Cl)nc(C2CC2)nc1NCC1CCOCC1. The van der Waals surface area contributed by atoms with Crippen molar-refractivity contribution in [1.29, 1.82) is 0 Å². The second-order valence-corrected chi connectivity index (χ2v) is 5.92. The zero-order valence-electron chi connectivity index (χ0n) is 11.3. The molecule has 2 aliphatic rings. The van der Waals surface area contributed by atoms with Crippen molar-refractivity contribution in [1.82, 2.24) is 9.97 Å². The maximum absolute atomic E-state index is 6.20. The minimum atomic E-state index is 0.529. The first-order valence-electron chi connectivity index (χ1n) is 7.09. The molecule has 5 heteroatoms. The molecule has 4 nitrogen and oxygen atoms in total. The number of anilines is 1. The van der Waals surface area contributed by atoms with E-state index in [-0.39, 0.29) is 0 Å². The Morgan fingerprint density at radius 1 is 1.21 bits per heavy atom. The average Bonchev–Trinajstić information content (AvgIpc) is 3.26. The third-order valence-electron chi connectivity index (χ3n) is 3.95. The van der Waals surface area contributed by atoms with E-state index in [2.05, 4.69) is 15.3 Å². The van der Waals surface area contributed by atoms with Gasteiger partial charge in [-0.05, 0) is 38.5 Å². The van der Waals surface area contributed by atoms with Crippen LogP contribution >= 0.6 is 11.6 Å². The van der Waals surface area contributed by atoms with Gasteiger partial charge in [0.2, 0.25) is 0 Å². The quantitative estimate of drug-likeness (QED) is 0.861. The van der Waals surface area contributed by atoms with Crippen molar-refractivity contribution in [2.45, 2.75) is 38.5 Å². The van der Waals surface area contributed by atoms with Gasteiger partial charge in [-0.3, -0.25) is 0 Å². The molecular formula is C14H20ClN3O. The number of rotatable bonds is 4. The fraction of sp³-hybridized carbons (Fsp3) is 0.714. The molecule has 19 heavy (non-hydrogen) atoms. The van der Waals surface area contributed by atoms with E-state index in [0.29, 0.717) is 17.0 Å². The molecule has 0 radical (unpaired) electrons. The second-order valence-electron chi connectivity index (χ2n) is 5.56. The summed E-state index contributed by atoms with van der Waals surface area (Å²) in [4.78, 5) is 9.03. The van der Waals surface area contributed by atoms with Crippen molar-refractivity contribution < 1.29 is 4.74 Å². The van der Waals surface area contributed by atoms with Crippen LogP contribution in [-0.4, -0.2) is 29.7 Å². The summed E-state index contributed by atoms with van der Waals surface area (Å²) in [6, 6.07) is 0. The molecule has 1 aromatic rings. The third kappa shape index (κ3) is 3.18. The standard InChI is InChI=1S/C14H20ClN3O/c1-9-12(15)17-14(11-2-3-11)18-13(9)16-8-10-4-6-19-7-5-10/h10-11H,2-8H2,1H3,(H,16,17,18). The summed E-state index contributed by atoms with van der Waals surface area (Å²) in [6.07, 6.45) is 4.64. The van der Waals surface area contributed by atoms with Gasteiger partial charge in [0.15, 0.2) is 0 Å². The van der Waals surface area contributed by atoms with E-state index in [4.69, 9.17) is 16.3 Å². The van der Waals surface area contributed by atoms with Crippen LogP contribution in [-0.2, 0) is 4.74 Å². The van der Waals surface area contributed by atoms with Crippen molar-refractivity contribution in [3.63, 3.8) is 0 Å². The van der Waals surface area contributed by atoms with Gasteiger partial charge >= 0.3 is 0 Å². The first-order chi connectivity index (χ1) is 9.24. The Balaban J connectivity index is 1.68. The van der Waals surface area contributed by atoms with Gasteiger partial charge < -0.3 is 10.1 Å². The highest BCUT2D eigenvalue weighted by Gasteiger charge is 2.28. The number of hydrogen-bond acceptors (Lipinski definition) is 4. The lowest BCUT2D eigenvalue weighted by Crippen LogP contribution is -2.23. The van der Waals surface area contributed by atoms with E-state index < -0.39 is 0 Å². The highest BCUT2D eigenvalue weighted by molar-refractivity contribution is 6.30. The molecular weight excluding hydrogens is 262 g/mol. The van der Waals surface area contributed by atoms with Crippen LogP contribution in [0.3, 0.4) is 0 Å². The van der Waals surface area contributed by atoms with Crippen LogP contribution in [0.1, 0.15) is 43.0 Å². The van der Waals surface area contributed by atoms with Gasteiger partial charge in [0.25, 0.3) is 0 Å². The number of nitrogens with zero attached hydrogens (tertiary/aromatic N) is 2. The summed E-state index contributed by atoms with van der Waals surface area (Å²) in [5.41, 5.74) is 0.957. The summed E-state index contributed by atoms with van der Waals surface area (Å²) < 4.78 is 5.38. The molecule has 1 aliphatic heterocycles. The molecule has 1 N–H and O–H groups in total. The summed E-state index contributed by atoms with van der Waals surface area (Å²) in [5, 5.41) is 4.04. The molecule has 0 unspecified atom stereocenters. The monoisotopic (exact) mass is 281 g/mol. The van der Waals surface area contributed by atoms with Gasteiger partial charge in [0.1, 0.15) is 16.8 Å². The molecule has 0 bridgehead atoms. The van der Waals surface area contributed by atoms with E-state index in [1.165, 1.54) is 12.8 Å². The van der Waals surface area contributed by atoms with Gasteiger partial charge in [0, 0.05) is 31.2 Å². The van der Waals surface area contributed by atoms with E-state index in [1.807, 2.05) is 6.92 Å². The third-order valence-corrected chi connectivity index (χ3v) is 4.31. The smallest absolute Gasteiger partial charge is 0.137 e. The Morgan fingerprint density at radius 3 is 2.63 bits per heavy atom. The Labute approximate surface area is 118 Å². The van der Waals surface area contributed by atoms with Gasteiger partial charge in [-0.15, -0.1) is 0 Å². The van der Waals surface area contributed by atoms with Crippen LogP contribution in [0.15, 0.2) is 0 Å². The van der Waals surface area contributed by atoms with Crippen LogP contribution in [0.4, 0.5) is 5.82 Å². The van der Waals surface area contributed by atoms with Crippen LogP contribution < -0.4 is 5.32 Å². The van der Waals surface area contributed by atoms with Crippen LogP contribution in [0.5, 0.6) is 0 Å². The van der Waals surface area contributed by atoms with E-state index in [1.54, 1.807) is 0 Å². The zero-order chi connectivity index (χ0) is 13.2. The van der Waals surface area contributed by atoms with Crippen LogP contribution in [0.25, 0.3) is 0 Å². The summed E-state index contributed by atoms with van der Waals surface area (Å²) >= 11 is 6.20. The molecule has 2 fully saturated rings. The number of aromatic nitrogens is 2. The highest BCUT2D eigenvalue weighted by Crippen LogP contribution is 2.39. The summed E-state index contributed by atoms with van der Waals surface area (Å²) in [5.74, 6) is 3.02. The number of hydrogen-bond donors (Lipinski definition) is 1. The molecule has 2 heterocycles. The molecule has 0 atom stereocenters. The largest absolute Gasteiger partial charge is 0.381 e. The molecule has 0 aromatic carbocycles. The fourth-order valence-corrected chi connectivity index (χ4v) is 2.57. The lowest BCUT2D eigenvalue weighted by molar-refractivity contribution is 0.0699. The Morgan fingerprint density at radius 2 is 1.95 bits per heavy atom. The van der Waals surface area contributed by atoms with Gasteiger partial charge in [-0.25, -0.2) is 9.97 Å². The molecule has 1 aliphatic carbocycles. The van der Waals surface area contributed by atoms with Crippen molar-refractivity contribution >= 4 is 17.4 Å². The molecule has 104 valence electrons. The number of ether oxygens (including phenoxy) is 1. The zero-order valence-corrected chi connectivity index (χ0v) is 12.0. The normalized spacial score (nSPS) is 20.5. The first-order valence-corrected chi connectivity index (χ1v) is 7.47. The summed E-state index contributed by atoms with van der Waals surface area (Å²) in [7, 11) is 0.